The van der Waals surface area contributed by atoms with Crippen molar-refractivity contribution >= 4 is 34.7 Å². The maximum Gasteiger partial charge on any atom is 0.255 e. The fourth-order valence-corrected chi connectivity index (χ4v) is 2.31. The van der Waals surface area contributed by atoms with Gasteiger partial charge in [-0.05, 0) is 36.4 Å². The Kier molecular flexibility index (Phi) is 4.90. The standard InChI is InChI=1S/C18H12ClF2N3O/c19-13-3-1-2-4-15(13)24-18(25)11-7-8-22-17(9-11)23-16-6-5-12(20)10-14(16)21/h1-10H,(H,22,23)(H,24,25). The van der Waals surface area contributed by atoms with E-state index in [1.165, 1.54) is 24.4 Å². The molecule has 126 valence electrons. The zero-order valence-corrected chi connectivity index (χ0v) is 13.5. The van der Waals surface area contributed by atoms with E-state index in [1.807, 2.05) is 0 Å². The van der Waals surface area contributed by atoms with Gasteiger partial charge in [0.1, 0.15) is 17.5 Å². The Hall–Kier alpha value is -2.99. The Morgan fingerprint density at radius 3 is 2.56 bits per heavy atom. The highest BCUT2D eigenvalue weighted by atomic mass is 35.5. The minimum Gasteiger partial charge on any atom is -0.338 e. The number of hydrogen-bond donors (Lipinski definition) is 2. The van der Waals surface area contributed by atoms with Crippen molar-refractivity contribution in [2.24, 2.45) is 0 Å². The Labute approximate surface area is 147 Å². The smallest absolute Gasteiger partial charge is 0.255 e. The molecule has 4 nitrogen and oxygen atoms in total. The summed E-state index contributed by atoms with van der Waals surface area (Å²) in [6.45, 7) is 0. The number of para-hydroxylation sites is 1. The lowest BCUT2D eigenvalue weighted by Gasteiger charge is -2.10. The molecular formula is C18H12ClF2N3O. The third kappa shape index (κ3) is 4.10. The largest absolute Gasteiger partial charge is 0.338 e. The van der Waals surface area contributed by atoms with Crippen LogP contribution in [-0.2, 0) is 0 Å². The summed E-state index contributed by atoms with van der Waals surface area (Å²) in [4.78, 5) is 16.4. The molecule has 0 bridgehead atoms. The van der Waals surface area contributed by atoms with Gasteiger partial charge in [-0.15, -0.1) is 0 Å². The van der Waals surface area contributed by atoms with Gasteiger partial charge in [-0.2, -0.15) is 0 Å². The van der Waals surface area contributed by atoms with Crippen molar-refractivity contribution in [3.05, 3.63) is 83.0 Å². The molecule has 0 atom stereocenters. The van der Waals surface area contributed by atoms with Crippen molar-refractivity contribution < 1.29 is 13.6 Å². The maximum atomic E-state index is 13.7. The first kappa shape index (κ1) is 16.9. The average molecular weight is 360 g/mol. The second kappa shape index (κ2) is 7.27. The number of carbonyl (C=O) groups is 1. The molecule has 0 aliphatic heterocycles. The van der Waals surface area contributed by atoms with Crippen LogP contribution in [0.5, 0.6) is 0 Å². The number of carbonyl (C=O) groups excluding carboxylic acids is 1. The number of anilines is 3. The molecule has 3 aromatic rings. The van der Waals surface area contributed by atoms with E-state index in [2.05, 4.69) is 15.6 Å². The van der Waals surface area contributed by atoms with E-state index in [1.54, 1.807) is 24.3 Å². The zero-order valence-electron chi connectivity index (χ0n) is 12.8. The first-order chi connectivity index (χ1) is 12.0. The molecule has 0 spiro atoms. The number of nitrogens with zero attached hydrogens (tertiary/aromatic N) is 1. The fourth-order valence-electron chi connectivity index (χ4n) is 2.13. The lowest BCUT2D eigenvalue weighted by molar-refractivity contribution is 0.102. The van der Waals surface area contributed by atoms with Crippen molar-refractivity contribution in [1.82, 2.24) is 4.98 Å². The number of nitrogens with one attached hydrogen (secondary N) is 2. The summed E-state index contributed by atoms with van der Waals surface area (Å²) in [6, 6.07) is 12.9. The first-order valence-corrected chi connectivity index (χ1v) is 7.65. The van der Waals surface area contributed by atoms with Crippen molar-refractivity contribution in [1.29, 1.82) is 0 Å². The van der Waals surface area contributed by atoms with Gasteiger partial charge in [0.2, 0.25) is 0 Å². The van der Waals surface area contributed by atoms with Crippen LogP contribution in [-0.4, -0.2) is 10.9 Å². The number of rotatable bonds is 4. The van der Waals surface area contributed by atoms with Gasteiger partial charge in [-0.25, -0.2) is 13.8 Å². The molecule has 0 saturated carbocycles. The minimum atomic E-state index is -0.757. The molecule has 0 aliphatic rings. The monoisotopic (exact) mass is 359 g/mol. The third-order valence-corrected chi connectivity index (χ3v) is 3.67. The van der Waals surface area contributed by atoms with Crippen molar-refractivity contribution in [2.45, 2.75) is 0 Å². The van der Waals surface area contributed by atoms with E-state index in [0.29, 0.717) is 16.3 Å². The topological polar surface area (TPSA) is 54.0 Å². The number of hydrogen-bond acceptors (Lipinski definition) is 3. The fraction of sp³-hybridized carbons (Fsp3) is 0. The van der Waals surface area contributed by atoms with Crippen LogP contribution < -0.4 is 10.6 Å². The highest BCUT2D eigenvalue weighted by Gasteiger charge is 2.10. The molecule has 1 heterocycles. The zero-order chi connectivity index (χ0) is 17.8. The maximum absolute atomic E-state index is 13.7. The van der Waals surface area contributed by atoms with Crippen LogP contribution in [0.3, 0.4) is 0 Å². The van der Waals surface area contributed by atoms with Gasteiger partial charge < -0.3 is 10.6 Å². The van der Waals surface area contributed by atoms with Crippen LogP contribution in [0, 0.1) is 11.6 Å². The summed E-state index contributed by atoms with van der Waals surface area (Å²) in [5.74, 6) is -1.58. The summed E-state index contributed by atoms with van der Waals surface area (Å²) in [7, 11) is 0. The van der Waals surface area contributed by atoms with Gasteiger partial charge >= 0.3 is 0 Å². The first-order valence-electron chi connectivity index (χ1n) is 7.27. The van der Waals surface area contributed by atoms with Crippen molar-refractivity contribution in [2.75, 3.05) is 10.6 Å². The molecule has 0 radical (unpaired) electrons. The molecule has 0 fully saturated rings. The lowest BCUT2D eigenvalue weighted by Crippen LogP contribution is -2.12. The molecule has 1 aromatic heterocycles. The molecule has 1 amide bonds. The van der Waals surface area contributed by atoms with Gasteiger partial charge in [0.15, 0.2) is 0 Å². The van der Waals surface area contributed by atoms with Crippen molar-refractivity contribution in [3.8, 4) is 0 Å². The second-order valence-electron chi connectivity index (χ2n) is 5.11. The normalized spacial score (nSPS) is 10.4. The molecule has 0 saturated heterocycles. The van der Waals surface area contributed by atoms with E-state index in [9.17, 15) is 13.6 Å². The van der Waals surface area contributed by atoms with E-state index in [-0.39, 0.29) is 11.5 Å². The van der Waals surface area contributed by atoms with E-state index in [0.717, 1.165) is 12.1 Å². The van der Waals surface area contributed by atoms with Crippen LogP contribution in [0.2, 0.25) is 5.02 Å². The van der Waals surface area contributed by atoms with Crippen LogP contribution in [0.1, 0.15) is 10.4 Å². The van der Waals surface area contributed by atoms with Crippen LogP contribution in [0.25, 0.3) is 0 Å². The van der Waals surface area contributed by atoms with Gasteiger partial charge in [-0.3, -0.25) is 4.79 Å². The molecular weight excluding hydrogens is 348 g/mol. The number of halogens is 3. The number of amides is 1. The Morgan fingerprint density at radius 1 is 1.00 bits per heavy atom. The molecule has 0 aliphatic carbocycles. The Balaban J connectivity index is 1.79. The van der Waals surface area contributed by atoms with Crippen LogP contribution in [0.4, 0.5) is 26.0 Å². The predicted molar refractivity (Wildman–Crippen MR) is 93.3 cm³/mol. The predicted octanol–water partition coefficient (Wildman–Crippen LogP) is 5.01. The minimum absolute atomic E-state index is 0.0533. The molecule has 25 heavy (non-hydrogen) atoms. The average Bonchev–Trinajstić information content (AvgIpc) is 2.60. The van der Waals surface area contributed by atoms with Crippen molar-refractivity contribution in [3.63, 3.8) is 0 Å². The summed E-state index contributed by atoms with van der Waals surface area (Å²) in [6.07, 6.45) is 1.41. The molecule has 2 N–H and O–H groups in total. The Morgan fingerprint density at radius 2 is 1.80 bits per heavy atom. The summed E-state index contributed by atoms with van der Waals surface area (Å²) < 4.78 is 26.7. The Bertz CT molecular complexity index is 934. The van der Waals surface area contributed by atoms with Crippen LogP contribution in [0.15, 0.2) is 60.8 Å². The third-order valence-electron chi connectivity index (χ3n) is 3.34. The second-order valence-corrected chi connectivity index (χ2v) is 5.52. The molecule has 2 aromatic carbocycles. The van der Waals surface area contributed by atoms with Crippen LogP contribution >= 0.6 is 11.6 Å². The van der Waals surface area contributed by atoms with E-state index >= 15 is 0 Å². The molecule has 7 heteroatoms. The van der Waals surface area contributed by atoms with Gasteiger partial charge in [0.25, 0.3) is 5.91 Å². The quantitative estimate of drug-likeness (QED) is 0.688. The van der Waals surface area contributed by atoms with E-state index in [4.69, 9.17) is 11.6 Å². The van der Waals surface area contributed by atoms with Gasteiger partial charge in [0.05, 0.1) is 16.4 Å². The highest BCUT2D eigenvalue weighted by Crippen LogP contribution is 2.23. The highest BCUT2D eigenvalue weighted by molar-refractivity contribution is 6.33. The number of pyridine rings is 1. The van der Waals surface area contributed by atoms with E-state index < -0.39 is 17.5 Å². The van der Waals surface area contributed by atoms with Gasteiger partial charge in [0, 0.05) is 17.8 Å². The molecule has 3 rings (SSSR count). The van der Waals surface area contributed by atoms with Gasteiger partial charge in [-0.1, -0.05) is 23.7 Å². The number of benzene rings is 2. The summed E-state index contributed by atoms with van der Waals surface area (Å²) >= 11 is 6.01. The summed E-state index contributed by atoms with van der Waals surface area (Å²) in [5, 5.41) is 5.81. The number of aromatic nitrogens is 1. The SMILES string of the molecule is O=C(Nc1ccccc1Cl)c1ccnc(Nc2ccc(F)cc2F)c1. The summed E-state index contributed by atoms with van der Waals surface area (Å²) in [5.41, 5.74) is 0.836. The molecule has 0 unspecified atom stereocenters. The lowest BCUT2D eigenvalue weighted by atomic mass is 10.2.